The molecule has 0 fully saturated rings. The molecular formula is C15H21N3O2. The Morgan fingerprint density at radius 2 is 2.15 bits per heavy atom. The second-order valence-corrected chi connectivity index (χ2v) is 4.51. The minimum atomic E-state index is 0.768. The van der Waals surface area contributed by atoms with Crippen LogP contribution in [0.1, 0.15) is 12.0 Å². The molecule has 0 aliphatic rings. The van der Waals surface area contributed by atoms with Gasteiger partial charge < -0.3 is 19.4 Å². The van der Waals surface area contributed by atoms with Crippen LogP contribution in [0.2, 0.25) is 0 Å². The van der Waals surface area contributed by atoms with E-state index in [1.807, 2.05) is 30.7 Å². The molecule has 1 aromatic heterocycles. The third kappa shape index (κ3) is 3.99. The third-order valence-electron chi connectivity index (χ3n) is 3.13. The minimum absolute atomic E-state index is 0.768. The number of imidazole rings is 1. The number of benzene rings is 1. The van der Waals surface area contributed by atoms with Crippen LogP contribution in [0, 0.1) is 0 Å². The molecule has 0 saturated carbocycles. The maximum atomic E-state index is 5.35. The number of hydrogen-bond acceptors (Lipinski definition) is 4. The van der Waals surface area contributed by atoms with Crippen molar-refractivity contribution in [3.63, 3.8) is 0 Å². The van der Waals surface area contributed by atoms with E-state index in [4.69, 9.17) is 9.47 Å². The zero-order chi connectivity index (χ0) is 14.2. The largest absolute Gasteiger partial charge is 0.497 e. The normalized spacial score (nSPS) is 10.5. The van der Waals surface area contributed by atoms with Crippen molar-refractivity contribution in [3.05, 3.63) is 42.5 Å². The number of aromatic nitrogens is 2. The Bertz CT molecular complexity index is 512. The number of nitrogens with zero attached hydrogens (tertiary/aromatic N) is 2. The topological polar surface area (TPSA) is 48.3 Å². The Hall–Kier alpha value is -2.01. The van der Waals surface area contributed by atoms with E-state index in [2.05, 4.69) is 14.9 Å². The van der Waals surface area contributed by atoms with Crippen LogP contribution in [0.4, 0.5) is 0 Å². The van der Waals surface area contributed by atoms with Gasteiger partial charge in [0, 0.05) is 31.0 Å². The Kier molecular flexibility index (Phi) is 5.43. The van der Waals surface area contributed by atoms with Crippen LogP contribution in [-0.4, -0.2) is 30.3 Å². The molecular weight excluding hydrogens is 254 g/mol. The highest BCUT2D eigenvalue weighted by Crippen LogP contribution is 2.23. The van der Waals surface area contributed by atoms with Gasteiger partial charge in [-0.1, -0.05) is 0 Å². The summed E-state index contributed by atoms with van der Waals surface area (Å²) >= 11 is 0. The van der Waals surface area contributed by atoms with Crippen molar-refractivity contribution in [1.29, 1.82) is 0 Å². The van der Waals surface area contributed by atoms with Crippen molar-refractivity contribution in [2.45, 2.75) is 19.5 Å². The van der Waals surface area contributed by atoms with E-state index in [-0.39, 0.29) is 0 Å². The zero-order valence-electron chi connectivity index (χ0n) is 12.0. The van der Waals surface area contributed by atoms with E-state index in [0.29, 0.717) is 0 Å². The molecule has 2 aromatic rings. The van der Waals surface area contributed by atoms with E-state index in [0.717, 1.165) is 43.1 Å². The van der Waals surface area contributed by atoms with Gasteiger partial charge in [-0.3, -0.25) is 0 Å². The molecule has 0 atom stereocenters. The van der Waals surface area contributed by atoms with Crippen molar-refractivity contribution in [1.82, 2.24) is 14.9 Å². The van der Waals surface area contributed by atoms with Crippen molar-refractivity contribution in [3.8, 4) is 11.5 Å². The predicted molar refractivity (Wildman–Crippen MR) is 78.1 cm³/mol. The lowest BCUT2D eigenvalue weighted by Gasteiger charge is -2.11. The fourth-order valence-electron chi connectivity index (χ4n) is 2.05. The van der Waals surface area contributed by atoms with Crippen LogP contribution in [0.5, 0.6) is 11.5 Å². The summed E-state index contributed by atoms with van der Waals surface area (Å²) in [4.78, 5) is 4.02. The van der Waals surface area contributed by atoms with Gasteiger partial charge in [0.25, 0.3) is 0 Å². The molecule has 5 nitrogen and oxygen atoms in total. The number of ether oxygens (including phenoxy) is 2. The Morgan fingerprint density at radius 1 is 1.25 bits per heavy atom. The summed E-state index contributed by atoms with van der Waals surface area (Å²) in [5.41, 5.74) is 1.11. The molecule has 0 radical (unpaired) electrons. The van der Waals surface area contributed by atoms with Crippen LogP contribution in [0.15, 0.2) is 36.9 Å². The fourth-order valence-corrected chi connectivity index (χ4v) is 2.05. The van der Waals surface area contributed by atoms with Crippen LogP contribution in [0.25, 0.3) is 0 Å². The Labute approximate surface area is 119 Å². The second-order valence-electron chi connectivity index (χ2n) is 4.51. The van der Waals surface area contributed by atoms with Gasteiger partial charge in [0.1, 0.15) is 11.5 Å². The first-order chi connectivity index (χ1) is 9.83. The summed E-state index contributed by atoms with van der Waals surface area (Å²) in [5, 5.41) is 3.42. The first kappa shape index (κ1) is 14.4. The Morgan fingerprint density at radius 3 is 2.85 bits per heavy atom. The molecule has 20 heavy (non-hydrogen) atoms. The summed E-state index contributed by atoms with van der Waals surface area (Å²) in [6.45, 7) is 2.69. The molecule has 1 N–H and O–H groups in total. The van der Waals surface area contributed by atoms with Gasteiger partial charge in [0.15, 0.2) is 0 Å². The quantitative estimate of drug-likeness (QED) is 0.749. The fraction of sp³-hybridized carbons (Fsp3) is 0.400. The molecule has 0 spiro atoms. The van der Waals surface area contributed by atoms with Crippen LogP contribution in [-0.2, 0) is 13.1 Å². The number of rotatable bonds is 8. The van der Waals surface area contributed by atoms with Crippen molar-refractivity contribution in [2.24, 2.45) is 0 Å². The number of hydrogen-bond donors (Lipinski definition) is 1. The van der Waals surface area contributed by atoms with Gasteiger partial charge in [0.2, 0.25) is 0 Å². The van der Waals surface area contributed by atoms with Crippen molar-refractivity contribution < 1.29 is 9.47 Å². The van der Waals surface area contributed by atoms with E-state index < -0.39 is 0 Å². The van der Waals surface area contributed by atoms with Crippen molar-refractivity contribution >= 4 is 0 Å². The smallest absolute Gasteiger partial charge is 0.123 e. The minimum Gasteiger partial charge on any atom is -0.497 e. The van der Waals surface area contributed by atoms with Gasteiger partial charge in [-0.05, 0) is 31.2 Å². The highest BCUT2D eigenvalue weighted by molar-refractivity contribution is 5.40. The molecule has 0 saturated heterocycles. The first-order valence-corrected chi connectivity index (χ1v) is 6.71. The molecule has 108 valence electrons. The molecule has 0 unspecified atom stereocenters. The molecule has 0 aliphatic heterocycles. The highest BCUT2D eigenvalue weighted by atomic mass is 16.5. The van der Waals surface area contributed by atoms with Crippen LogP contribution in [0.3, 0.4) is 0 Å². The molecule has 2 rings (SSSR count). The van der Waals surface area contributed by atoms with Crippen LogP contribution >= 0.6 is 0 Å². The highest BCUT2D eigenvalue weighted by Gasteiger charge is 2.04. The number of aryl methyl sites for hydroxylation is 1. The summed E-state index contributed by atoms with van der Waals surface area (Å²) in [6, 6.07) is 5.84. The molecule has 0 bridgehead atoms. The SMILES string of the molecule is COc1ccc(OC)c(CNCCCn2ccnc2)c1. The van der Waals surface area contributed by atoms with E-state index >= 15 is 0 Å². The average Bonchev–Trinajstić information content (AvgIpc) is 3.00. The average molecular weight is 275 g/mol. The lowest BCUT2D eigenvalue weighted by atomic mass is 10.2. The maximum Gasteiger partial charge on any atom is 0.123 e. The first-order valence-electron chi connectivity index (χ1n) is 6.71. The van der Waals surface area contributed by atoms with E-state index in [9.17, 15) is 0 Å². The van der Waals surface area contributed by atoms with E-state index in [1.165, 1.54) is 0 Å². The molecule has 0 aliphatic carbocycles. The van der Waals surface area contributed by atoms with E-state index in [1.54, 1.807) is 20.4 Å². The maximum absolute atomic E-state index is 5.35. The predicted octanol–water partition coefficient (Wildman–Crippen LogP) is 2.08. The summed E-state index contributed by atoms with van der Waals surface area (Å²) in [6.07, 6.45) is 6.67. The van der Waals surface area contributed by atoms with Crippen LogP contribution < -0.4 is 14.8 Å². The summed E-state index contributed by atoms with van der Waals surface area (Å²) < 4.78 is 12.7. The number of methoxy groups -OCH3 is 2. The molecule has 1 heterocycles. The molecule has 1 aromatic carbocycles. The zero-order valence-corrected chi connectivity index (χ0v) is 12.0. The van der Waals surface area contributed by atoms with Gasteiger partial charge in [-0.2, -0.15) is 0 Å². The standard InChI is InChI=1S/C15H21N3O2/c1-19-14-4-5-15(20-2)13(10-14)11-16-6-3-8-18-9-7-17-12-18/h4-5,7,9-10,12,16H,3,6,8,11H2,1-2H3. The Balaban J connectivity index is 1.78. The summed E-state index contributed by atoms with van der Waals surface area (Å²) in [5.74, 6) is 1.73. The van der Waals surface area contributed by atoms with Gasteiger partial charge in [-0.15, -0.1) is 0 Å². The van der Waals surface area contributed by atoms with Crippen molar-refractivity contribution in [2.75, 3.05) is 20.8 Å². The number of nitrogens with one attached hydrogen (secondary N) is 1. The molecule has 0 amide bonds. The summed E-state index contributed by atoms with van der Waals surface area (Å²) in [7, 11) is 3.36. The van der Waals surface area contributed by atoms with Gasteiger partial charge >= 0.3 is 0 Å². The molecule has 5 heteroatoms. The van der Waals surface area contributed by atoms with Gasteiger partial charge in [0.05, 0.1) is 20.5 Å². The van der Waals surface area contributed by atoms with Gasteiger partial charge in [-0.25, -0.2) is 4.98 Å². The third-order valence-corrected chi connectivity index (χ3v) is 3.13. The lowest BCUT2D eigenvalue weighted by Crippen LogP contribution is -2.16. The lowest BCUT2D eigenvalue weighted by molar-refractivity contribution is 0.397. The second kappa shape index (κ2) is 7.55. The monoisotopic (exact) mass is 275 g/mol.